The molecule has 0 saturated heterocycles. The minimum atomic E-state index is -0.266. The van der Waals surface area contributed by atoms with Crippen molar-refractivity contribution in [1.29, 1.82) is 0 Å². The summed E-state index contributed by atoms with van der Waals surface area (Å²) in [6, 6.07) is 9.18. The Morgan fingerprint density at radius 2 is 2.11 bits per heavy atom. The van der Waals surface area contributed by atoms with Gasteiger partial charge in [0, 0.05) is 35.9 Å². The fourth-order valence-corrected chi connectivity index (χ4v) is 4.02. The van der Waals surface area contributed by atoms with E-state index in [0.29, 0.717) is 24.0 Å². The summed E-state index contributed by atoms with van der Waals surface area (Å²) in [6.45, 7) is 6.86. The molecule has 3 rings (SSSR count). The van der Waals surface area contributed by atoms with Crippen LogP contribution in [-0.2, 0) is 23.3 Å². The van der Waals surface area contributed by atoms with E-state index < -0.39 is 0 Å². The van der Waals surface area contributed by atoms with Crippen LogP contribution >= 0.6 is 11.8 Å². The summed E-state index contributed by atoms with van der Waals surface area (Å²) in [5.41, 5.74) is 1.42. The molecule has 0 spiro atoms. The number of carbonyl (C=O) groups is 1. The number of methoxy groups -OCH3 is 1. The molecule has 27 heavy (non-hydrogen) atoms. The highest BCUT2D eigenvalue weighted by Crippen LogP contribution is 2.28. The van der Waals surface area contributed by atoms with Gasteiger partial charge < -0.3 is 10.1 Å². The summed E-state index contributed by atoms with van der Waals surface area (Å²) >= 11 is 1.47. The molecule has 1 aliphatic rings. The van der Waals surface area contributed by atoms with E-state index in [-0.39, 0.29) is 22.8 Å². The molecule has 0 bridgehead atoms. The molecule has 0 fully saturated rings. The highest BCUT2D eigenvalue weighted by Gasteiger charge is 2.28. The normalized spacial score (nSPS) is 16.5. The average Bonchev–Trinajstić information content (AvgIpc) is 2.65. The maximum Gasteiger partial charge on any atom is 0.254 e. The lowest BCUT2D eigenvalue weighted by molar-refractivity contribution is -0.125. The van der Waals surface area contributed by atoms with Crippen molar-refractivity contribution in [2.75, 3.05) is 12.9 Å². The number of fused-ring (bicyclic) bond motifs is 1. The van der Waals surface area contributed by atoms with E-state index in [1.54, 1.807) is 17.7 Å². The Kier molecular flexibility index (Phi) is 5.60. The predicted molar refractivity (Wildman–Crippen MR) is 106 cm³/mol. The van der Waals surface area contributed by atoms with Crippen molar-refractivity contribution in [3.63, 3.8) is 0 Å². The lowest BCUT2D eigenvalue weighted by Gasteiger charge is -2.26. The predicted octanol–water partition coefficient (Wildman–Crippen LogP) is 2.59. The van der Waals surface area contributed by atoms with E-state index in [4.69, 9.17) is 4.74 Å². The van der Waals surface area contributed by atoms with Gasteiger partial charge in [-0.15, -0.1) is 0 Å². The lowest BCUT2D eigenvalue weighted by atomic mass is 9.92. The van der Waals surface area contributed by atoms with Crippen LogP contribution in [0.2, 0.25) is 0 Å². The van der Waals surface area contributed by atoms with Gasteiger partial charge in [0.1, 0.15) is 5.75 Å². The van der Waals surface area contributed by atoms with E-state index in [9.17, 15) is 9.59 Å². The SMILES string of the molecule is COc1ccccc1CNC(=O)C1CSc2nc(C(C)(C)C)cc(=O)n2C1. The number of hydrogen-bond donors (Lipinski definition) is 1. The van der Waals surface area contributed by atoms with Gasteiger partial charge in [-0.2, -0.15) is 0 Å². The number of ether oxygens (including phenoxy) is 1. The molecular weight excluding hydrogens is 362 g/mol. The first-order valence-electron chi connectivity index (χ1n) is 8.94. The quantitative estimate of drug-likeness (QED) is 0.817. The topological polar surface area (TPSA) is 73.2 Å². The number of amides is 1. The monoisotopic (exact) mass is 387 g/mol. The first kappa shape index (κ1) is 19.5. The number of thioether (sulfide) groups is 1. The Hall–Kier alpha value is -2.28. The Morgan fingerprint density at radius 1 is 1.37 bits per heavy atom. The third kappa shape index (κ3) is 4.35. The van der Waals surface area contributed by atoms with Crippen molar-refractivity contribution < 1.29 is 9.53 Å². The molecule has 0 saturated carbocycles. The second-order valence-corrected chi connectivity index (χ2v) is 8.65. The van der Waals surface area contributed by atoms with Gasteiger partial charge in [0.25, 0.3) is 5.56 Å². The minimum absolute atomic E-state index is 0.0640. The van der Waals surface area contributed by atoms with E-state index in [2.05, 4.69) is 10.3 Å². The van der Waals surface area contributed by atoms with Gasteiger partial charge in [0.2, 0.25) is 5.91 Å². The Bertz CT molecular complexity index is 902. The molecule has 2 aromatic rings. The maximum atomic E-state index is 12.6. The van der Waals surface area contributed by atoms with E-state index in [1.165, 1.54) is 11.8 Å². The Balaban J connectivity index is 1.70. The number of rotatable bonds is 4. The van der Waals surface area contributed by atoms with Crippen molar-refractivity contribution in [1.82, 2.24) is 14.9 Å². The summed E-state index contributed by atoms with van der Waals surface area (Å²) in [7, 11) is 1.61. The fraction of sp³-hybridized carbons (Fsp3) is 0.450. The molecule has 0 aliphatic carbocycles. The van der Waals surface area contributed by atoms with Crippen LogP contribution in [0.15, 0.2) is 40.3 Å². The van der Waals surface area contributed by atoms with E-state index in [0.717, 1.165) is 17.0 Å². The van der Waals surface area contributed by atoms with Crippen LogP contribution in [0.5, 0.6) is 5.75 Å². The molecule has 1 unspecified atom stereocenters. The number of benzene rings is 1. The number of nitrogens with zero attached hydrogens (tertiary/aromatic N) is 2. The van der Waals surface area contributed by atoms with Gasteiger partial charge in [0.05, 0.1) is 18.7 Å². The third-order valence-electron chi connectivity index (χ3n) is 4.57. The van der Waals surface area contributed by atoms with Crippen molar-refractivity contribution >= 4 is 17.7 Å². The van der Waals surface area contributed by atoms with Gasteiger partial charge in [-0.05, 0) is 6.07 Å². The van der Waals surface area contributed by atoms with E-state index in [1.807, 2.05) is 45.0 Å². The number of hydrogen-bond acceptors (Lipinski definition) is 5. The number of carbonyl (C=O) groups excluding carboxylic acids is 1. The first-order chi connectivity index (χ1) is 12.8. The van der Waals surface area contributed by atoms with Crippen molar-refractivity contribution in [3.05, 3.63) is 51.9 Å². The zero-order chi connectivity index (χ0) is 19.6. The summed E-state index contributed by atoms with van der Waals surface area (Å²) in [6.07, 6.45) is 0. The summed E-state index contributed by atoms with van der Waals surface area (Å²) in [5.74, 6) is 1.02. The van der Waals surface area contributed by atoms with Crippen LogP contribution < -0.4 is 15.6 Å². The highest BCUT2D eigenvalue weighted by atomic mass is 32.2. The fourth-order valence-electron chi connectivity index (χ4n) is 2.93. The third-order valence-corrected chi connectivity index (χ3v) is 5.71. The highest BCUT2D eigenvalue weighted by molar-refractivity contribution is 7.99. The summed E-state index contributed by atoms with van der Waals surface area (Å²) in [4.78, 5) is 29.8. The largest absolute Gasteiger partial charge is 0.496 e. The molecule has 2 heterocycles. The lowest BCUT2D eigenvalue weighted by Crippen LogP contribution is -2.40. The Morgan fingerprint density at radius 3 is 2.81 bits per heavy atom. The van der Waals surface area contributed by atoms with Crippen LogP contribution in [0.3, 0.4) is 0 Å². The Labute approximate surface area is 163 Å². The van der Waals surface area contributed by atoms with Gasteiger partial charge in [-0.3, -0.25) is 14.2 Å². The standard InChI is InChI=1S/C20H25N3O3S/c1-20(2,3)16-9-17(24)23-11-14(12-27-19(23)22-16)18(25)21-10-13-7-5-6-8-15(13)26-4/h5-9,14H,10-12H2,1-4H3,(H,21,25). The first-order valence-corrected chi connectivity index (χ1v) is 9.93. The van der Waals surface area contributed by atoms with Crippen LogP contribution in [0.4, 0.5) is 0 Å². The summed E-state index contributed by atoms with van der Waals surface area (Å²) < 4.78 is 6.92. The van der Waals surface area contributed by atoms with Gasteiger partial charge in [0.15, 0.2) is 5.16 Å². The van der Waals surface area contributed by atoms with Crippen LogP contribution in [0.25, 0.3) is 0 Å². The molecule has 0 radical (unpaired) electrons. The maximum absolute atomic E-state index is 12.6. The van der Waals surface area contributed by atoms with Crippen molar-refractivity contribution in [2.45, 2.75) is 44.4 Å². The van der Waals surface area contributed by atoms with Gasteiger partial charge in [-0.1, -0.05) is 50.7 Å². The molecule has 1 aliphatic heterocycles. The molecule has 6 nitrogen and oxygen atoms in total. The summed E-state index contributed by atoms with van der Waals surface area (Å²) in [5, 5.41) is 3.66. The van der Waals surface area contributed by atoms with Crippen LogP contribution in [-0.4, -0.2) is 28.3 Å². The minimum Gasteiger partial charge on any atom is -0.496 e. The zero-order valence-electron chi connectivity index (χ0n) is 16.1. The van der Waals surface area contributed by atoms with E-state index >= 15 is 0 Å². The molecule has 1 aromatic heterocycles. The second kappa shape index (κ2) is 7.76. The molecular formula is C20H25N3O3S. The molecule has 1 aromatic carbocycles. The van der Waals surface area contributed by atoms with Crippen molar-refractivity contribution in [3.8, 4) is 5.75 Å². The molecule has 1 N–H and O–H groups in total. The zero-order valence-corrected chi connectivity index (χ0v) is 16.9. The van der Waals surface area contributed by atoms with Crippen LogP contribution in [0, 0.1) is 5.92 Å². The molecule has 1 amide bonds. The molecule has 7 heteroatoms. The van der Waals surface area contributed by atoms with Crippen LogP contribution in [0.1, 0.15) is 32.0 Å². The number of para-hydroxylation sites is 1. The van der Waals surface area contributed by atoms with Gasteiger partial charge in [-0.25, -0.2) is 4.98 Å². The van der Waals surface area contributed by atoms with Gasteiger partial charge >= 0.3 is 0 Å². The number of aromatic nitrogens is 2. The second-order valence-electron chi connectivity index (χ2n) is 7.66. The van der Waals surface area contributed by atoms with Crippen molar-refractivity contribution in [2.24, 2.45) is 5.92 Å². The number of nitrogens with one attached hydrogen (secondary N) is 1. The molecule has 1 atom stereocenters. The smallest absolute Gasteiger partial charge is 0.254 e. The average molecular weight is 388 g/mol. The molecule has 144 valence electrons.